The number of carbonyl (C=O) groups excluding carboxylic acids is 1. The minimum absolute atomic E-state index is 0.0293. The number of phenolic OH excluding ortho intramolecular Hbond substituents is 1. The molecule has 0 fully saturated rings. The Kier molecular flexibility index (Phi) is 7.14. The summed E-state index contributed by atoms with van der Waals surface area (Å²) in [5.41, 5.74) is 2.22. The number of hydrogen-bond donors (Lipinski definition) is 2. The Morgan fingerprint density at radius 1 is 1.06 bits per heavy atom. The smallest absolute Gasteiger partial charge is 0.240 e. The van der Waals surface area contributed by atoms with Crippen molar-refractivity contribution >= 4 is 15.9 Å². The van der Waals surface area contributed by atoms with E-state index in [0.717, 1.165) is 5.56 Å². The van der Waals surface area contributed by atoms with Crippen molar-refractivity contribution in [3.63, 3.8) is 0 Å². The Balaban J connectivity index is 1.67. The summed E-state index contributed by atoms with van der Waals surface area (Å²) in [6.07, 6.45) is 1.49. The number of furan rings is 1. The van der Waals surface area contributed by atoms with Gasteiger partial charge in [-0.1, -0.05) is 35.9 Å². The topological polar surface area (TPSA) is 99.9 Å². The highest BCUT2D eigenvalue weighted by Crippen LogP contribution is 2.20. The molecule has 31 heavy (non-hydrogen) atoms. The van der Waals surface area contributed by atoms with Crippen molar-refractivity contribution in [2.75, 3.05) is 6.54 Å². The lowest BCUT2D eigenvalue weighted by Crippen LogP contribution is -2.34. The number of nitrogens with one attached hydrogen (secondary N) is 1. The van der Waals surface area contributed by atoms with Crippen LogP contribution in [0.2, 0.25) is 0 Å². The normalized spacial score (nSPS) is 11.4. The van der Waals surface area contributed by atoms with Crippen molar-refractivity contribution in [2.24, 2.45) is 0 Å². The number of hydrogen-bond acceptors (Lipinski definition) is 5. The SMILES string of the molecule is Cc1ccc(S(=O)(=O)NCCC(=O)N(Cc2ccco2)Cc2ccccc2O)c(C)c1. The van der Waals surface area contributed by atoms with Gasteiger partial charge < -0.3 is 14.4 Å². The Hall–Kier alpha value is -3.10. The highest BCUT2D eigenvalue weighted by Gasteiger charge is 2.20. The van der Waals surface area contributed by atoms with E-state index < -0.39 is 10.0 Å². The molecule has 2 aromatic carbocycles. The standard InChI is InChI=1S/C23H26N2O5S/c1-17-9-10-22(18(2)14-17)31(28,29)24-12-11-23(27)25(16-20-7-5-13-30-20)15-19-6-3-4-8-21(19)26/h3-10,13-14,24,26H,11-12,15-16H2,1-2H3. The summed E-state index contributed by atoms with van der Waals surface area (Å²) in [6, 6.07) is 15.4. The van der Waals surface area contributed by atoms with Gasteiger partial charge in [0.15, 0.2) is 0 Å². The maximum absolute atomic E-state index is 12.9. The molecule has 164 valence electrons. The van der Waals surface area contributed by atoms with Crippen LogP contribution in [0.4, 0.5) is 0 Å². The molecule has 0 saturated carbocycles. The summed E-state index contributed by atoms with van der Waals surface area (Å²) in [7, 11) is -3.72. The molecule has 1 aromatic heterocycles. The highest BCUT2D eigenvalue weighted by molar-refractivity contribution is 7.89. The van der Waals surface area contributed by atoms with Crippen LogP contribution in [-0.4, -0.2) is 30.9 Å². The van der Waals surface area contributed by atoms with E-state index in [1.807, 2.05) is 6.92 Å². The van der Waals surface area contributed by atoms with Crippen LogP contribution in [0.25, 0.3) is 0 Å². The molecule has 0 bridgehead atoms. The molecule has 0 saturated heterocycles. The van der Waals surface area contributed by atoms with Crippen LogP contribution in [0.3, 0.4) is 0 Å². The predicted octanol–water partition coefficient (Wildman–Crippen LogP) is 3.50. The first-order valence-corrected chi connectivity index (χ1v) is 11.4. The third kappa shape index (κ3) is 5.96. The molecule has 1 amide bonds. The summed E-state index contributed by atoms with van der Waals surface area (Å²) in [5, 5.41) is 10.1. The lowest BCUT2D eigenvalue weighted by molar-refractivity contribution is -0.132. The number of amides is 1. The van der Waals surface area contributed by atoms with Crippen molar-refractivity contribution in [1.29, 1.82) is 0 Å². The number of sulfonamides is 1. The van der Waals surface area contributed by atoms with Gasteiger partial charge in [-0.05, 0) is 43.7 Å². The van der Waals surface area contributed by atoms with E-state index in [1.54, 1.807) is 61.5 Å². The van der Waals surface area contributed by atoms with Crippen LogP contribution >= 0.6 is 0 Å². The molecule has 0 aliphatic carbocycles. The van der Waals surface area contributed by atoms with Crippen LogP contribution < -0.4 is 4.72 Å². The van der Waals surface area contributed by atoms with E-state index in [9.17, 15) is 18.3 Å². The average molecular weight is 443 g/mol. The van der Waals surface area contributed by atoms with Crippen LogP contribution in [0.15, 0.2) is 70.2 Å². The van der Waals surface area contributed by atoms with Gasteiger partial charge in [0.2, 0.25) is 15.9 Å². The van der Waals surface area contributed by atoms with Crippen LogP contribution in [0, 0.1) is 13.8 Å². The Bertz CT molecular complexity index is 1140. The summed E-state index contributed by atoms with van der Waals surface area (Å²) in [4.78, 5) is 14.6. The van der Waals surface area contributed by atoms with Gasteiger partial charge in [0.05, 0.1) is 17.7 Å². The van der Waals surface area contributed by atoms with Crippen molar-refractivity contribution in [2.45, 2.75) is 38.3 Å². The zero-order chi connectivity index (χ0) is 22.4. The molecule has 7 nitrogen and oxygen atoms in total. The van der Waals surface area contributed by atoms with Crippen LogP contribution in [0.1, 0.15) is 28.9 Å². The lowest BCUT2D eigenvalue weighted by atomic mass is 10.1. The average Bonchev–Trinajstić information content (AvgIpc) is 3.21. The van der Waals surface area contributed by atoms with Gasteiger partial charge in [0, 0.05) is 25.1 Å². The van der Waals surface area contributed by atoms with Gasteiger partial charge in [0.25, 0.3) is 0 Å². The highest BCUT2D eigenvalue weighted by atomic mass is 32.2. The number of para-hydroxylation sites is 1. The number of aromatic hydroxyl groups is 1. The summed E-state index contributed by atoms with van der Waals surface area (Å²) >= 11 is 0. The molecule has 0 radical (unpaired) electrons. The van der Waals surface area contributed by atoms with Gasteiger partial charge >= 0.3 is 0 Å². The molecule has 8 heteroatoms. The van der Waals surface area contributed by atoms with Gasteiger partial charge in [0.1, 0.15) is 11.5 Å². The third-order valence-corrected chi connectivity index (χ3v) is 6.50. The monoisotopic (exact) mass is 442 g/mol. The van der Waals surface area contributed by atoms with E-state index in [1.165, 1.54) is 11.2 Å². The Labute approximate surface area is 182 Å². The zero-order valence-electron chi connectivity index (χ0n) is 17.5. The van der Waals surface area contributed by atoms with Gasteiger partial charge in [-0.15, -0.1) is 0 Å². The molecule has 3 aromatic rings. The number of benzene rings is 2. The van der Waals surface area contributed by atoms with Crippen molar-refractivity contribution < 1.29 is 22.7 Å². The number of carbonyl (C=O) groups is 1. The first kappa shape index (κ1) is 22.6. The molecule has 0 aliphatic rings. The summed E-state index contributed by atoms with van der Waals surface area (Å²) in [5.74, 6) is 0.429. The van der Waals surface area contributed by atoms with Gasteiger partial charge in [-0.2, -0.15) is 0 Å². The van der Waals surface area contributed by atoms with Crippen molar-refractivity contribution in [1.82, 2.24) is 9.62 Å². The van der Waals surface area contributed by atoms with Gasteiger partial charge in [-0.3, -0.25) is 4.79 Å². The lowest BCUT2D eigenvalue weighted by Gasteiger charge is -2.22. The van der Waals surface area contributed by atoms with E-state index in [-0.39, 0.29) is 42.6 Å². The second-order valence-electron chi connectivity index (χ2n) is 7.37. The first-order chi connectivity index (χ1) is 14.8. The molecule has 0 unspecified atom stereocenters. The molecule has 0 spiro atoms. The fourth-order valence-corrected chi connectivity index (χ4v) is 4.56. The molecule has 2 N–H and O–H groups in total. The number of nitrogens with zero attached hydrogens (tertiary/aromatic N) is 1. The molecular weight excluding hydrogens is 416 g/mol. The predicted molar refractivity (Wildman–Crippen MR) is 117 cm³/mol. The second-order valence-corrected chi connectivity index (χ2v) is 9.11. The quantitative estimate of drug-likeness (QED) is 0.528. The Morgan fingerprint density at radius 2 is 1.84 bits per heavy atom. The third-order valence-electron chi connectivity index (χ3n) is 4.88. The largest absolute Gasteiger partial charge is 0.508 e. The molecule has 3 rings (SSSR count). The summed E-state index contributed by atoms with van der Waals surface area (Å²) in [6.45, 7) is 3.99. The van der Waals surface area contributed by atoms with E-state index in [2.05, 4.69) is 4.72 Å². The van der Waals surface area contributed by atoms with E-state index in [0.29, 0.717) is 16.9 Å². The minimum Gasteiger partial charge on any atom is -0.508 e. The number of phenols is 1. The maximum atomic E-state index is 12.9. The zero-order valence-corrected chi connectivity index (χ0v) is 18.4. The molecule has 0 atom stereocenters. The van der Waals surface area contributed by atoms with Crippen molar-refractivity contribution in [3.05, 3.63) is 83.3 Å². The fourth-order valence-electron chi connectivity index (χ4n) is 3.30. The second kappa shape index (κ2) is 9.80. The molecule has 0 aliphatic heterocycles. The van der Waals surface area contributed by atoms with Crippen molar-refractivity contribution in [3.8, 4) is 5.75 Å². The number of rotatable bonds is 9. The minimum atomic E-state index is -3.72. The van der Waals surface area contributed by atoms with Gasteiger partial charge in [-0.25, -0.2) is 13.1 Å². The van der Waals surface area contributed by atoms with Crippen LogP contribution in [-0.2, 0) is 27.9 Å². The Morgan fingerprint density at radius 3 is 2.52 bits per heavy atom. The van der Waals surface area contributed by atoms with E-state index >= 15 is 0 Å². The fraction of sp³-hybridized carbons (Fsp3) is 0.261. The van der Waals surface area contributed by atoms with E-state index in [4.69, 9.17) is 4.42 Å². The first-order valence-electron chi connectivity index (χ1n) is 9.90. The molecular formula is C23H26N2O5S. The maximum Gasteiger partial charge on any atom is 0.240 e. The number of aryl methyl sites for hydroxylation is 2. The summed E-state index contributed by atoms with van der Waals surface area (Å²) < 4.78 is 33.1. The molecule has 1 heterocycles. The van der Waals surface area contributed by atoms with Crippen LogP contribution in [0.5, 0.6) is 5.75 Å².